The molecule has 2 fully saturated rings. The maximum Gasteiger partial charge on any atom is 0.220 e. The number of amides is 1. The van der Waals surface area contributed by atoms with Gasteiger partial charge in [0.2, 0.25) is 5.91 Å². The van der Waals surface area contributed by atoms with Gasteiger partial charge in [0.15, 0.2) is 0 Å². The Hall–Kier alpha value is -0.570. The van der Waals surface area contributed by atoms with E-state index >= 15 is 0 Å². The van der Waals surface area contributed by atoms with Gasteiger partial charge < -0.3 is 11.1 Å². The van der Waals surface area contributed by atoms with E-state index in [0.29, 0.717) is 12.5 Å². The lowest BCUT2D eigenvalue weighted by atomic mass is 9.94. The molecule has 16 heavy (non-hydrogen) atoms. The first-order valence-corrected chi connectivity index (χ1v) is 6.52. The van der Waals surface area contributed by atoms with Crippen LogP contribution in [-0.4, -0.2) is 17.5 Å². The molecule has 3 heteroatoms. The highest BCUT2D eigenvalue weighted by Gasteiger charge is 2.39. The van der Waals surface area contributed by atoms with Gasteiger partial charge in [0.1, 0.15) is 0 Å². The van der Waals surface area contributed by atoms with E-state index in [0.717, 1.165) is 18.3 Å². The lowest BCUT2D eigenvalue weighted by Crippen LogP contribution is -2.40. The fraction of sp³-hybridized carbons (Fsp3) is 0.923. The minimum Gasteiger partial charge on any atom is -0.353 e. The second-order valence-corrected chi connectivity index (χ2v) is 6.34. The third-order valence-electron chi connectivity index (χ3n) is 4.08. The van der Waals surface area contributed by atoms with Crippen LogP contribution < -0.4 is 11.1 Å². The molecular formula is C13H24N2O. The van der Waals surface area contributed by atoms with Gasteiger partial charge in [-0.3, -0.25) is 4.79 Å². The van der Waals surface area contributed by atoms with Crippen molar-refractivity contribution in [2.24, 2.45) is 17.6 Å². The van der Waals surface area contributed by atoms with Crippen LogP contribution in [0.3, 0.4) is 0 Å². The van der Waals surface area contributed by atoms with Crippen molar-refractivity contribution in [2.75, 3.05) is 0 Å². The van der Waals surface area contributed by atoms with E-state index in [1.165, 1.54) is 25.7 Å². The number of carbonyl (C=O) groups is 1. The van der Waals surface area contributed by atoms with Gasteiger partial charge in [0, 0.05) is 18.0 Å². The van der Waals surface area contributed by atoms with Crippen molar-refractivity contribution >= 4 is 5.91 Å². The van der Waals surface area contributed by atoms with Gasteiger partial charge in [-0.05, 0) is 51.4 Å². The minimum absolute atomic E-state index is 0.191. The summed E-state index contributed by atoms with van der Waals surface area (Å²) < 4.78 is 0. The van der Waals surface area contributed by atoms with Crippen LogP contribution in [-0.2, 0) is 4.79 Å². The SMILES string of the molecule is CC(C)(N)CCC(=O)NC1CC2CCC1C2. The number of nitrogens with two attached hydrogens (primary N) is 1. The fourth-order valence-electron chi connectivity index (χ4n) is 3.14. The number of hydrogen-bond acceptors (Lipinski definition) is 2. The van der Waals surface area contributed by atoms with Gasteiger partial charge in [-0.15, -0.1) is 0 Å². The smallest absolute Gasteiger partial charge is 0.220 e. The molecule has 3 atom stereocenters. The summed E-state index contributed by atoms with van der Waals surface area (Å²) in [5.41, 5.74) is 5.64. The van der Waals surface area contributed by atoms with Crippen molar-refractivity contribution in [1.29, 1.82) is 0 Å². The molecular weight excluding hydrogens is 200 g/mol. The van der Waals surface area contributed by atoms with E-state index in [4.69, 9.17) is 5.73 Å². The zero-order chi connectivity index (χ0) is 11.8. The van der Waals surface area contributed by atoms with E-state index in [-0.39, 0.29) is 11.4 Å². The summed E-state index contributed by atoms with van der Waals surface area (Å²) in [6.07, 6.45) is 6.58. The Morgan fingerprint density at radius 1 is 1.38 bits per heavy atom. The lowest BCUT2D eigenvalue weighted by Gasteiger charge is -2.24. The summed E-state index contributed by atoms with van der Waals surface area (Å²) in [6.45, 7) is 3.94. The molecule has 0 saturated heterocycles. The second-order valence-electron chi connectivity index (χ2n) is 6.34. The Morgan fingerprint density at radius 3 is 2.62 bits per heavy atom. The molecule has 2 aliphatic rings. The van der Waals surface area contributed by atoms with Crippen LogP contribution in [0.2, 0.25) is 0 Å². The molecule has 3 N–H and O–H groups in total. The first kappa shape index (κ1) is 11.9. The molecule has 92 valence electrons. The molecule has 0 aromatic heterocycles. The van der Waals surface area contributed by atoms with E-state index in [1.807, 2.05) is 13.8 Å². The Bertz CT molecular complexity index is 270. The summed E-state index contributed by atoms with van der Waals surface area (Å²) >= 11 is 0. The molecule has 2 saturated carbocycles. The first-order valence-electron chi connectivity index (χ1n) is 6.52. The second kappa shape index (κ2) is 4.36. The number of hydrogen-bond donors (Lipinski definition) is 2. The van der Waals surface area contributed by atoms with Crippen LogP contribution >= 0.6 is 0 Å². The van der Waals surface area contributed by atoms with Crippen molar-refractivity contribution in [3.63, 3.8) is 0 Å². The third kappa shape index (κ3) is 2.97. The normalized spacial score (nSPS) is 33.1. The highest BCUT2D eigenvalue weighted by Crippen LogP contribution is 2.44. The molecule has 2 aliphatic carbocycles. The number of carbonyl (C=O) groups excluding carboxylic acids is 1. The van der Waals surface area contributed by atoms with E-state index in [2.05, 4.69) is 5.32 Å². The quantitative estimate of drug-likeness (QED) is 0.765. The van der Waals surface area contributed by atoms with Crippen LogP contribution in [0.1, 0.15) is 52.4 Å². The monoisotopic (exact) mass is 224 g/mol. The lowest BCUT2D eigenvalue weighted by molar-refractivity contribution is -0.122. The molecule has 0 radical (unpaired) electrons. The molecule has 3 unspecified atom stereocenters. The Morgan fingerprint density at radius 2 is 2.12 bits per heavy atom. The standard InChI is InChI=1S/C13H24N2O/c1-13(2,14)6-5-12(16)15-11-8-9-3-4-10(11)7-9/h9-11H,3-8,14H2,1-2H3,(H,15,16). The largest absolute Gasteiger partial charge is 0.353 e. The molecule has 0 aliphatic heterocycles. The van der Waals surface area contributed by atoms with Gasteiger partial charge in [-0.2, -0.15) is 0 Å². The minimum atomic E-state index is -0.230. The predicted octanol–water partition coefficient (Wildman–Crippen LogP) is 1.81. The van der Waals surface area contributed by atoms with E-state index < -0.39 is 0 Å². The first-order chi connectivity index (χ1) is 7.44. The average molecular weight is 224 g/mol. The van der Waals surface area contributed by atoms with Crippen LogP contribution in [0, 0.1) is 11.8 Å². The molecule has 1 amide bonds. The molecule has 0 heterocycles. The van der Waals surface area contributed by atoms with Gasteiger partial charge in [-0.25, -0.2) is 0 Å². The zero-order valence-electron chi connectivity index (χ0n) is 10.5. The van der Waals surface area contributed by atoms with Gasteiger partial charge in [0.25, 0.3) is 0 Å². The van der Waals surface area contributed by atoms with Crippen molar-refractivity contribution in [3.8, 4) is 0 Å². The van der Waals surface area contributed by atoms with E-state index in [1.54, 1.807) is 0 Å². The van der Waals surface area contributed by atoms with E-state index in [9.17, 15) is 4.79 Å². The van der Waals surface area contributed by atoms with Crippen LogP contribution in [0.15, 0.2) is 0 Å². The highest BCUT2D eigenvalue weighted by molar-refractivity contribution is 5.76. The molecule has 2 bridgehead atoms. The maximum absolute atomic E-state index is 11.8. The summed E-state index contributed by atoms with van der Waals surface area (Å²) in [7, 11) is 0. The summed E-state index contributed by atoms with van der Waals surface area (Å²) in [5.74, 6) is 1.84. The Balaban J connectivity index is 1.72. The number of fused-ring (bicyclic) bond motifs is 2. The highest BCUT2D eigenvalue weighted by atomic mass is 16.1. The van der Waals surface area contributed by atoms with Crippen molar-refractivity contribution in [3.05, 3.63) is 0 Å². The van der Waals surface area contributed by atoms with Crippen molar-refractivity contribution in [1.82, 2.24) is 5.32 Å². The van der Waals surface area contributed by atoms with Gasteiger partial charge in [0.05, 0.1) is 0 Å². The Kier molecular flexibility index (Phi) is 3.24. The predicted molar refractivity (Wildman–Crippen MR) is 64.9 cm³/mol. The van der Waals surface area contributed by atoms with Crippen molar-refractivity contribution < 1.29 is 4.79 Å². The maximum atomic E-state index is 11.8. The van der Waals surface area contributed by atoms with Crippen LogP contribution in [0.5, 0.6) is 0 Å². The van der Waals surface area contributed by atoms with Crippen LogP contribution in [0.25, 0.3) is 0 Å². The third-order valence-corrected chi connectivity index (χ3v) is 4.08. The van der Waals surface area contributed by atoms with Crippen molar-refractivity contribution in [2.45, 2.75) is 64.0 Å². The molecule has 2 rings (SSSR count). The van der Waals surface area contributed by atoms with Crippen LogP contribution in [0.4, 0.5) is 0 Å². The number of nitrogens with one attached hydrogen (secondary N) is 1. The topological polar surface area (TPSA) is 55.1 Å². The number of rotatable bonds is 4. The average Bonchev–Trinajstić information content (AvgIpc) is 2.75. The fourth-order valence-corrected chi connectivity index (χ4v) is 3.14. The zero-order valence-corrected chi connectivity index (χ0v) is 10.5. The molecule has 0 spiro atoms. The van der Waals surface area contributed by atoms with Gasteiger partial charge in [-0.1, -0.05) is 6.42 Å². The summed E-state index contributed by atoms with van der Waals surface area (Å²) in [4.78, 5) is 11.8. The molecule has 0 aromatic rings. The van der Waals surface area contributed by atoms with Gasteiger partial charge >= 0.3 is 0 Å². The Labute approximate surface area is 98.2 Å². The molecule has 0 aromatic carbocycles. The summed E-state index contributed by atoms with van der Waals surface area (Å²) in [5, 5.41) is 3.19. The summed E-state index contributed by atoms with van der Waals surface area (Å²) in [6, 6.07) is 0.465. The molecule has 3 nitrogen and oxygen atoms in total.